The zero-order chi connectivity index (χ0) is 16.0. The lowest BCUT2D eigenvalue weighted by molar-refractivity contribution is -0.142. The van der Waals surface area contributed by atoms with Gasteiger partial charge < -0.3 is 10.0 Å². The van der Waals surface area contributed by atoms with E-state index in [9.17, 15) is 18.0 Å². The number of aliphatic carboxylic acids is 1. The summed E-state index contributed by atoms with van der Waals surface area (Å²) in [6.45, 7) is 4.52. The van der Waals surface area contributed by atoms with E-state index in [1.807, 2.05) is 0 Å². The molecular weight excluding hydrogens is 296 g/mol. The number of hydrogen-bond acceptors (Lipinski definition) is 4. The second-order valence-electron chi connectivity index (χ2n) is 6.60. The van der Waals surface area contributed by atoms with E-state index in [4.69, 9.17) is 5.11 Å². The van der Waals surface area contributed by atoms with Crippen LogP contribution in [0, 0.1) is 17.3 Å². The number of hydrogen-bond donors (Lipinski definition) is 2. The maximum Gasteiger partial charge on any atom is 0.307 e. The molecular formula is C13H22N2O5S. The van der Waals surface area contributed by atoms with E-state index in [2.05, 4.69) is 4.72 Å². The molecule has 120 valence electrons. The van der Waals surface area contributed by atoms with Gasteiger partial charge in [0.1, 0.15) is 0 Å². The van der Waals surface area contributed by atoms with E-state index >= 15 is 0 Å². The first-order chi connectivity index (χ1) is 9.54. The van der Waals surface area contributed by atoms with Crippen LogP contribution < -0.4 is 4.72 Å². The molecule has 2 atom stereocenters. The van der Waals surface area contributed by atoms with E-state index < -0.39 is 33.2 Å². The van der Waals surface area contributed by atoms with E-state index in [0.29, 0.717) is 25.9 Å². The van der Waals surface area contributed by atoms with Crippen LogP contribution in [0.5, 0.6) is 0 Å². The maximum atomic E-state index is 12.4. The Bertz CT molecular complexity index is 549. The molecule has 0 unspecified atom stereocenters. The summed E-state index contributed by atoms with van der Waals surface area (Å²) in [7, 11) is -3.24. The summed E-state index contributed by atoms with van der Waals surface area (Å²) in [5.74, 6) is -2.12. The molecule has 1 aliphatic carbocycles. The number of nitrogens with one attached hydrogen (secondary N) is 1. The molecule has 0 radical (unpaired) electrons. The average Bonchev–Trinajstić information content (AvgIpc) is 2.90. The third kappa shape index (κ3) is 3.37. The zero-order valence-electron chi connectivity index (χ0n) is 12.5. The van der Waals surface area contributed by atoms with Crippen LogP contribution >= 0.6 is 0 Å². The fraction of sp³-hybridized carbons (Fsp3) is 0.846. The molecule has 0 aromatic heterocycles. The van der Waals surface area contributed by atoms with Crippen LogP contribution in [0.25, 0.3) is 0 Å². The molecule has 0 aromatic carbocycles. The number of sulfonamides is 1. The topological polar surface area (TPSA) is 104 Å². The Hall–Kier alpha value is -1.15. The minimum Gasteiger partial charge on any atom is -0.481 e. The number of carboxylic acid groups (broad SMARTS) is 1. The number of piperidine rings is 1. The normalized spacial score (nSPS) is 29.2. The second kappa shape index (κ2) is 5.24. The van der Waals surface area contributed by atoms with E-state index in [1.54, 1.807) is 18.7 Å². The van der Waals surface area contributed by atoms with Gasteiger partial charge >= 0.3 is 5.97 Å². The molecule has 8 heteroatoms. The molecule has 7 nitrogen and oxygen atoms in total. The van der Waals surface area contributed by atoms with Crippen molar-refractivity contribution < 1.29 is 23.1 Å². The molecule has 2 fully saturated rings. The summed E-state index contributed by atoms with van der Waals surface area (Å²) in [5.41, 5.74) is -0.495. The monoisotopic (exact) mass is 318 g/mol. The Labute approximate surface area is 124 Å². The average molecular weight is 318 g/mol. The van der Waals surface area contributed by atoms with Gasteiger partial charge in [-0.05, 0) is 18.3 Å². The minimum atomic E-state index is -3.24. The van der Waals surface area contributed by atoms with Crippen molar-refractivity contribution in [2.45, 2.75) is 32.7 Å². The molecule has 21 heavy (non-hydrogen) atoms. The lowest BCUT2D eigenvalue weighted by Crippen LogP contribution is -2.47. The summed E-state index contributed by atoms with van der Waals surface area (Å²) in [4.78, 5) is 25.2. The summed E-state index contributed by atoms with van der Waals surface area (Å²) in [6, 6.07) is -0.147. The highest BCUT2D eigenvalue weighted by Crippen LogP contribution is 2.59. The number of carboxylic acids is 1. The number of likely N-dealkylation sites (tertiary alicyclic amines) is 1. The Balaban J connectivity index is 1.92. The molecule has 0 aromatic rings. The van der Waals surface area contributed by atoms with Crippen molar-refractivity contribution in [1.29, 1.82) is 0 Å². The molecule has 1 aliphatic heterocycles. The smallest absolute Gasteiger partial charge is 0.307 e. The summed E-state index contributed by atoms with van der Waals surface area (Å²) in [5, 5.41) is 9.13. The summed E-state index contributed by atoms with van der Waals surface area (Å²) in [6.07, 6.45) is 2.24. The van der Waals surface area contributed by atoms with Crippen molar-refractivity contribution in [1.82, 2.24) is 9.62 Å². The predicted octanol–water partition coefficient (Wildman–Crippen LogP) is -0.117. The number of rotatable bonds is 4. The third-order valence-electron chi connectivity index (χ3n) is 4.55. The van der Waals surface area contributed by atoms with Crippen molar-refractivity contribution in [3.63, 3.8) is 0 Å². The Morgan fingerprint density at radius 2 is 1.71 bits per heavy atom. The van der Waals surface area contributed by atoms with Crippen LogP contribution in [-0.2, 0) is 19.6 Å². The predicted molar refractivity (Wildman–Crippen MR) is 76.0 cm³/mol. The first kappa shape index (κ1) is 16.2. The highest BCUT2D eigenvalue weighted by atomic mass is 32.2. The van der Waals surface area contributed by atoms with Crippen LogP contribution in [0.2, 0.25) is 0 Å². The van der Waals surface area contributed by atoms with Gasteiger partial charge in [-0.25, -0.2) is 13.1 Å². The van der Waals surface area contributed by atoms with Gasteiger partial charge in [-0.1, -0.05) is 13.8 Å². The van der Waals surface area contributed by atoms with Crippen LogP contribution in [-0.4, -0.2) is 55.7 Å². The van der Waals surface area contributed by atoms with Crippen molar-refractivity contribution >= 4 is 21.9 Å². The van der Waals surface area contributed by atoms with E-state index in [1.165, 1.54) is 0 Å². The summed E-state index contributed by atoms with van der Waals surface area (Å²) < 4.78 is 24.9. The lowest BCUT2D eigenvalue weighted by atomic mass is 10.0. The molecule has 1 saturated heterocycles. The third-order valence-corrected chi connectivity index (χ3v) is 5.31. The highest BCUT2D eigenvalue weighted by Gasteiger charge is 2.66. The minimum absolute atomic E-state index is 0.120. The fourth-order valence-electron chi connectivity index (χ4n) is 3.28. The Kier molecular flexibility index (Phi) is 4.05. The van der Waals surface area contributed by atoms with Crippen molar-refractivity contribution in [2.75, 3.05) is 19.3 Å². The van der Waals surface area contributed by atoms with Gasteiger partial charge in [0.05, 0.1) is 18.1 Å². The van der Waals surface area contributed by atoms with Gasteiger partial charge in [-0.2, -0.15) is 0 Å². The van der Waals surface area contributed by atoms with Crippen LogP contribution in [0.15, 0.2) is 0 Å². The largest absolute Gasteiger partial charge is 0.481 e. The fourth-order valence-corrected chi connectivity index (χ4v) is 4.12. The zero-order valence-corrected chi connectivity index (χ0v) is 13.3. The van der Waals surface area contributed by atoms with Gasteiger partial charge in [0.15, 0.2) is 0 Å². The van der Waals surface area contributed by atoms with Crippen LogP contribution in [0.4, 0.5) is 0 Å². The highest BCUT2D eigenvalue weighted by molar-refractivity contribution is 7.88. The molecule has 0 spiro atoms. The SMILES string of the molecule is CC1(C)[C@H](C(=O)O)[C@@H]1C(=O)N1CCC(NS(C)(=O)=O)CC1. The molecule has 1 saturated carbocycles. The van der Waals surface area contributed by atoms with Gasteiger partial charge in [0.25, 0.3) is 0 Å². The first-order valence-electron chi connectivity index (χ1n) is 7.03. The van der Waals surface area contributed by atoms with Crippen LogP contribution in [0.1, 0.15) is 26.7 Å². The number of amides is 1. The Morgan fingerprint density at radius 3 is 2.10 bits per heavy atom. The quantitative estimate of drug-likeness (QED) is 0.752. The van der Waals surface area contributed by atoms with Crippen LogP contribution in [0.3, 0.4) is 0 Å². The second-order valence-corrected chi connectivity index (χ2v) is 8.38. The molecule has 1 heterocycles. The van der Waals surface area contributed by atoms with Crippen molar-refractivity contribution in [3.05, 3.63) is 0 Å². The van der Waals surface area contributed by atoms with Crippen molar-refractivity contribution in [3.8, 4) is 0 Å². The van der Waals surface area contributed by atoms with Gasteiger partial charge in [-0.3, -0.25) is 9.59 Å². The number of carbonyl (C=O) groups is 2. The molecule has 1 amide bonds. The van der Waals surface area contributed by atoms with Gasteiger partial charge in [-0.15, -0.1) is 0 Å². The van der Waals surface area contributed by atoms with E-state index in [0.717, 1.165) is 6.26 Å². The molecule has 2 N–H and O–H groups in total. The Morgan fingerprint density at radius 1 is 1.19 bits per heavy atom. The standard InChI is InChI=1S/C13H22N2O5S/c1-13(2)9(10(13)12(17)18)11(16)15-6-4-8(5-7-15)14-21(3,19)20/h8-10,14H,4-7H2,1-3H3,(H,17,18)/t9-,10+/m1/s1. The summed E-state index contributed by atoms with van der Waals surface area (Å²) >= 11 is 0. The maximum absolute atomic E-state index is 12.4. The molecule has 2 rings (SSSR count). The molecule has 2 aliphatic rings. The van der Waals surface area contributed by atoms with E-state index in [-0.39, 0.29) is 11.9 Å². The van der Waals surface area contributed by atoms with Gasteiger partial charge in [0, 0.05) is 19.1 Å². The first-order valence-corrected chi connectivity index (χ1v) is 8.92. The number of carbonyl (C=O) groups excluding carboxylic acids is 1. The van der Waals surface area contributed by atoms with Gasteiger partial charge in [0.2, 0.25) is 15.9 Å². The lowest BCUT2D eigenvalue weighted by Gasteiger charge is -2.32. The number of nitrogens with zero attached hydrogens (tertiary/aromatic N) is 1. The molecule has 0 bridgehead atoms. The van der Waals surface area contributed by atoms with Crippen molar-refractivity contribution in [2.24, 2.45) is 17.3 Å².